The Balaban J connectivity index is 2.26. The maximum atomic E-state index is 12.7. The van der Waals surface area contributed by atoms with Gasteiger partial charge in [0.2, 0.25) is 0 Å². The van der Waals surface area contributed by atoms with Crippen LogP contribution in [0.3, 0.4) is 0 Å². The van der Waals surface area contributed by atoms with Gasteiger partial charge in [0, 0.05) is 11.8 Å². The van der Waals surface area contributed by atoms with Gasteiger partial charge in [0.05, 0.1) is 11.4 Å². The fourth-order valence-corrected chi connectivity index (χ4v) is 3.12. The van der Waals surface area contributed by atoms with Crippen LogP contribution in [0.2, 0.25) is 0 Å². The second kappa shape index (κ2) is 7.58. The van der Waals surface area contributed by atoms with Crippen molar-refractivity contribution in [2.75, 3.05) is 0 Å². The van der Waals surface area contributed by atoms with Gasteiger partial charge in [-0.05, 0) is 43.9 Å². The number of hydrogen-bond donors (Lipinski definition) is 0. The minimum Gasteiger partial charge on any atom is -0.591 e. The summed E-state index contributed by atoms with van der Waals surface area (Å²) in [5.41, 5.74) is -0.335. The normalized spacial score (nSPS) is 15.4. The molecule has 10 heteroatoms. The highest BCUT2D eigenvalue weighted by Gasteiger charge is 2.32. The Labute approximate surface area is 144 Å². The van der Waals surface area contributed by atoms with Crippen molar-refractivity contribution in [3.05, 3.63) is 29.0 Å². The first kappa shape index (κ1) is 18.8. The highest BCUT2D eigenvalue weighted by atomic mass is 32.2. The number of halogens is 3. The van der Waals surface area contributed by atoms with Gasteiger partial charge in [0.25, 0.3) is 0 Å². The highest BCUT2D eigenvalue weighted by Crippen LogP contribution is 2.30. The van der Waals surface area contributed by atoms with E-state index in [0.717, 1.165) is 30.2 Å². The van der Waals surface area contributed by atoms with Crippen molar-refractivity contribution in [1.29, 1.82) is 0 Å². The van der Waals surface area contributed by atoms with Crippen LogP contribution in [-0.2, 0) is 17.5 Å². The summed E-state index contributed by atoms with van der Waals surface area (Å²) in [4.78, 5) is 7.49. The Morgan fingerprint density at radius 3 is 2.79 bits per heavy atom. The molecule has 0 fully saturated rings. The third-order valence-electron chi connectivity index (χ3n) is 3.19. The van der Waals surface area contributed by atoms with Gasteiger partial charge in [-0.3, -0.25) is 4.98 Å². The maximum Gasteiger partial charge on any atom is 0.433 e. The first-order valence-electron chi connectivity index (χ1n) is 7.06. The van der Waals surface area contributed by atoms with Gasteiger partial charge in [0.1, 0.15) is 16.7 Å². The fraction of sp³-hybridized carbons (Fsp3) is 0.429. The summed E-state index contributed by atoms with van der Waals surface area (Å²) in [5, 5.41) is 0.342. The summed E-state index contributed by atoms with van der Waals surface area (Å²) >= 11 is -0.379. The molecule has 2 aromatic rings. The number of hydrogen-bond acceptors (Lipinski definition) is 6. The van der Waals surface area contributed by atoms with Crippen molar-refractivity contribution >= 4 is 28.6 Å². The largest absolute Gasteiger partial charge is 0.591 e. The number of alkyl halides is 3. The molecule has 2 heterocycles. The van der Waals surface area contributed by atoms with E-state index in [2.05, 4.69) is 18.7 Å². The first-order valence-corrected chi connectivity index (χ1v) is 9.00. The minimum atomic E-state index is -4.53. The van der Waals surface area contributed by atoms with Gasteiger partial charge in [-0.15, -0.1) is 0 Å². The monoisotopic (exact) mass is 376 g/mol. The van der Waals surface area contributed by atoms with Crippen LogP contribution in [0.5, 0.6) is 0 Å². The Bertz CT molecular complexity index is 733. The lowest BCUT2D eigenvalue weighted by atomic mass is 10.2. The van der Waals surface area contributed by atoms with E-state index >= 15 is 0 Å². The van der Waals surface area contributed by atoms with E-state index in [1.54, 1.807) is 6.92 Å². The number of pyridine rings is 1. The molecule has 0 N–H and O–H groups in total. The molecule has 2 aromatic heterocycles. The lowest BCUT2D eigenvalue weighted by molar-refractivity contribution is -0.141. The second-order valence-corrected chi connectivity index (χ2v) is 7.31. The van der Waals surface area contributed by atoms with E-state index in [-0.39, 0.29) is 16.6 Å². The summed E-state index contributed by atoms with van der Waals surface area (Å²) in [5.74, 6) is 0.159. The Hall–Kier alpha value is -1.52. The molecule has 0 spiro atoms. The summed E-state index contributed by atoms with van der Waals surface area (Å²) in [7, 11) is 0. The molecule has 2 atom stereocenters. The van der Waals surface area contributed by atoms with E-state index in [1.807, 2.05) is 13.8 Å². The summed E-state index contributed by atoms with van der Waals surface area (Å²) in [6.07, 6.45) is -2.74. The number of aromatic nitrogens is 3. The lowest BCUT2D eigenvalue weighted by Gasteiger charge is -2.09. The Morgan fingerprint density at radius 1 is 1.46 bits per heavy atom. The van der Waals surface area contributed by atoms with E-state index in [0.29, 0.717) is 10.7 Å². The number of nitrogens with zero attached hydrogens (tertiary/aromatic N) is 4. The van der Waals surface area contributed by atoms with Gasteiger partial charge >= 0.3 is 6.18 Å². The van der Waals surface area contributed by atoms with Crippen LogP contribution in [0.1, 0.15) is 37.9 Å². The van der Waals surface area contributed by atoms with E-state index in [4.69, 9.17) is 0 Å². The maximum absolute atomic E-state index is 12.7. The predicted molar refractivity (Wildman–Crippen MR) is 88.2 cm³/mol. The van der Waals surface area contributed by atoms with E-state index < -0.39 is 23.2 Å². The Morgan fingerprint density at radius 2 is 2.17 bits per heavy atom. The van der Waals surface area contributed by atoms with Gasteiger partial charge in [-0.25, -0.2) is 4.98 Å². The standard InChI is InChI=1S/C14H15F3N4OS2/c1-4-8(2)24(22)21-9(3)13-19-12(20-23-13)10-5-6-18-11(7-10)14(15,16)17/h5-8H,4H2,1-3H3. The van der Waals surface area contributed by atoms with E-state index in [1.165, 1.54) is 6.07 Å². The molecular weight excluding hydrogens is 361 g/mol. The van der Waals surface area contributed by atoms with Crippen molar-refractivity contribution in [2.45, 2.75) is 38.6 Å². The molecule has 0 saturated heterocycles. The molecular formula is C14H15F3N4OS2. The zero-order chi connectivity index (χ0) is 17.9. The topological polar surface area (TPSA) is 74.1 Å². The van der Waals surface area contributed by atoms with Crippen molar-refractivity contribution < 1.29 is 17.7 Å². The molecule has 0 amide bonds. The van der Waals surface area contributed by atoms with Gasteiger partial charge in [0.15, 0.2) is 10.8 Å². The van der Waals surface area contributed by atoms with Crippen LogP contribution in [0.4, 0.5) is 13.2 Å². The third kappa shape index (κ3) is 4.52. The van der Waals surface area contributed by atoms with Crippen molar-refractivity contribution in [1.82, 2.24) is 14.3 Å². The average Bonchev–Trinajstić information content (AvgIpc) is 3.03. The van der Waals surface area contributed by atoms with Crippen LogP contribution in [0, 0.1) is 0 Å². The van der Waals surface area contributed by atoms with Crippen molar-refractivity contribution in [2.24, 2.45) is 4.40 Å². The van der Waals surface area contributed by atoms with E-state index in [9.17, 15) is 17.7 Å². The quantitative estimate of drug-likeness (QED) is 0.586. The molecule has 2 unspecified atom stereocenters. The Kier molecular flexibility index (Phi) is 5.94. The van der Waals surface area contributed by atoms with Crippen molar-refractivity contribution in [3.63, 3.8) is 0 Å². The van der Waals surface area contributed by atoms with Crippen LogP contribution in [-0.4, -0.2) is 29.9 Å². The molecule has 0 aliphatic rings. The summed E-state index contributed by atoms with van der Waals surface area (Å²) in [6.45, 7) is 5.39. The van der Waals surface area contributed by atoms with Gasteiger partial charge in [-0.1, -0.05) is 11.3 Å². The molecule has 0 aromatic carbocycles. The SMILES string of the molecule is CCC(C)[S+]([O-])N=C(C)c1nc(-c2ccnc(C(F)(F)F)c2)ns1. The molecule has 24 heavy (non-hydrogen) atoms. The first-order chi connectivity index (χ1) is 11.2. The molecule has 0 saturated carbocycles. The fourth-order valence-electron chi connectivity index (χ4n) is 1.62. The summed E-state index contributed by atoms with van der Waals surface area (Å²) in [6, 6.07) is 2.31. The number of rotatable bonds is 5. The molecule has 0 aliphatic heterocycles. The zero-order valence-electron chi connectivity index (χ0n) is 13.2. The zero-order valence-corrected chi connectivity index (χ0v) is 14.8. The van der Waals surface area contributed by atoms with Crippen LogP contribution >= 0.6 is 11.5 Å². The smallest absolute Gasteiger partial charge is 0.433 e. The second-order valence-electron chi connectivity index (χ2n) is 5.02. The van der Waals surface area contributed by atoms with Crippen LogP contribution in [0.15, 0.2) is 22.7 Å². The molecule has 0 aliphatic carbocycles. The van der Waals surface area contributed by atoms with Crippen molar-refractivity contribution in [3.8, 4) is 11.4 Å². The van der Waals surface area contributed by atoms with Gasteiger partial charge < -0.3 is 4.55 Å². The molecule has 2 rings (SSSR count). The highest BCUT2D eigenvalue weighted by molar-refractivity contribution is 7.90. The molecule has 0 bridgehead atoms. The predicted octanol–water partition coefficient (Wildman–Crippen LogP) is 3.89. The van der Waals surface area contributed by atoms with Gasteiger partial charge in [-0.2, -0.15) is 17.5 Å². The van der Waals surface area contributed by atoms with Crippen LogP contribution < -0.4 is 0 Å². The molecule has 5 nitrogen and oxygen atoms in total. The average molecular weight is 376 g/mol. The summed E-state index contributed by atoms with van der Waals surface area (Å²) < 4.78 is 58.2. The third-order valence-corrected chi connectivity index (χ3v) is 5.49. The lowest BCUT2D eigenvalue weighted by Crippen LogP contribution is -2.15. The minimum absolute atomic E-state index is 0.0816. The molecule has 130 valence electrons. The molecule has 0 radical (unpaired) electrons. The van der Waals surface area contributed by atoms with Crippen LogP contribution in [0.25, 0.3) is 11.4 Å².